The maximum atomic E-state index is 12.0. The highest BCUT2D eigenvalue weighted by molar-refractivity contribution is 6.18. The highest BCUT2D eigenvalue weighted by atomic mass is 35.5. The molecule has 0 aromatic rings. The van der Waals surface area contributed by atoms with E-state index in [2.05, 4.69) is 5.32 Å². The highest BCUT2D eigenvalue weighted by Crippen LogP contribution is 2.18. The monoisotopic (exact) mass is 285 g/mol. The molecule has 1 aliphatic heterocycles. The van der Waals surface area contributed by atoms with Crippen molar-refractivity contribution in [2.75, 3.05) is 25.5 Å². The molecular weight excluding hydrogens is 270 g/mol. The number of nitrogens with one attached hydrogen (secondary N) is 1. The predicted octanol–water partition coefficient (Wildman–Crippen LogP) is 0.545. The van der Waals surface area contributed by atoms with Gasteiger partial charge in [-0.25, -0.2) is 0 Å². The maximum absolute atomic E-state index is 12.0. The summed E-state index contributed by atoms with van der Waals surface area (Å²) in [7, 11) is 0. The number of hydrogen-bond donors (Lipinski definition) is 2. The van der Waals surface area contributed by atoms with Crippen LogP contribution in [0.15, 0.2) is 11.8 Å². The Kier molecular flexibility index (Phi) is 6.16. The van der Waals surface area contributed by atoms with Crippen molar-refractivity contribution in [2.24, 2.45) is 5.92 Å². The van der Waals surface area contributed by atoms with Gasteiger partial charge in [0.1, 0.15) is 11.6 Å². The molecule has 0 bridgehead atoms. The van der Waals surface area contributed by atoms with E-state index in [0.29, 0.717) is 38.4 Å². The number of aliphatic carboxylic acids is 1. The normalized spacial score (nSPS) is 16.8. The van der Waals surface area contributed by atoms with Gasteiger partial charge < -0.3 is 15.3 Å². The number of hydrogen-bond acceptors (Lipinski definition) is 4. The van der Waals surface area contributed by atoms with Crippen molar-refractivity contribution in [3.05, 3.63) is 11.8 Å². The molecule has 1 saturated heterocycles. The number of likely N-dealkylation sites (tertiary alicyclic amines) is 1. The van der Waals surface area contributed by atoms with Gasteiger partial charge in [0.25, 0.3) is 5.91 Å². The summed E-state index contributed by atoms with van der Waals surface area (Å²) in [6.45, 7) is 1.20. The second-order valence-corrected chi connectivity index (χ2v) is 4.60. The molecule has 19 heavy (non-hydrogen) atoms. The van der Waals surface area contributed by atoms with Crippen LogP contribution in [-0.4, -0.2) is 47.4 Å². The molecule has 1 heterocycles. The number of carboxylic acid groups (broad SMARTS) is 1. The van der Waals surface area contributed by atoms with E-state index in [1.165, 1.54) is 11.1 Å². The predicted molar refractivity (Wildman–Crippen MR) is 69.4 cm³/mol. The molecule has 0 spiro atoms. The standard InChI is InChI=1S/C12H16ClN3O3/c13-3-4-15-8-10(7-14)11(17)16-5-1-9(2-6-16)12(18)19/h8-9,15H,1-6H2,(H,18,19)/b10-8-. The Morgan fingerprint density at radius 3 is 2.58 bits per heavy atom. The summed E-state index contributed by atoms with van der Waals surface area (Å²) >= 11 is 5.48. The van der Waals surface area contributed by atoms with Crippen LogP contribution < -0.4 is 5.32 Å². The highest BCUT2D eigenvalue weighted by Gasteiger charge is 2.28. The Labute approximate surface area is 116 Å². The van der Waals surface area contributed by atoms with E-state index < -0.39 is 11.9 Å². The Morgan fingerprint density at radius 1 is 1.47 bits per heavy atom. The van der Waals surface area contributed by atoms with E-state index in [-0.39, 0.29) is 11.5 Å². The lowest BCUT2D eigenvalue weighted by Gasteiger charge is -2.29. The summed E-state index contributed by atoms with van der Waals surface area (Å²) in [6.07, 6.45) is 2.21. The summed E-state index contributed by atoms with van der Waals surface area (Å²) < 4.78 is 0. The van der Waals surface area contributed by atoms with Gasteiger partial charge in [0.15, 0.2) is 0 Å². The molecule has 0 aromatic heterocycles. The molecule has 6 nitrogen and oxygen atoms in total. The fraction of sp³-hybridized carbons (Fsp3) is 0.583. The Hall–Kier alpha value is -1.74. The molecule has 104 valence electrons. The third kappa shape index (κ3) is 4.45. The van der Waals surface area contributed by atoms with Crippen molar-refractivity contribution in [1.82, 2.24) is 10.2 Å². The first-order valence-corrected chi connectivity index (χ1v) is 6.55. The zero-order valence-electron chi connectivity index (χ0n) is 10.4. The van der Waals surface area contributed by atoms with Gasteiger partial charge in [-0.05, 0) is 12.8 Å². The lowest BCUT2D eigenvalue weighted by Crippen LogP contribution is -2.41. The van der Waals surface area contributed by atoms with Crippen LogP contribution in [0.4, 0.5) is 0 Å². The molecule has 2 N–H and O–H groups in total. The molecule has 1 amide bonds. The van der Waals surface area contributed by atoms with Crippen molar-refractivity contribution in [3.8, 4) is 6.07 Å². The average molecular weight is 286 g/mol. The molecular formula is C12H16ClN3O3. The van der Waals surface area contributed by atoms with E-state index in [1.807, 2.05) is 6.07 Å². The van der Waals surface area contributed by atoms with Crippen LogP contribution in [-0.2, 0) is 9.59 Å². The number of carbonyl (C=O) groups is 2. The van der Waals surface area contributed by atoms with Gasteiger partial charge in [-0.2, -0.15) is 5.26 Å². The summed E-state index contributed by atoms with van der Waals surface area (Å²) in [5.74, 6) is -1.21. The lowest BCUT2D eigenvalue weighted by molar-refractivity contribution is -0.145. The van der Waals surface area contributed by atoms with Gasteiger partial charge >= 0.3 is 5.97 Å². The van der Waals surface area contributed by atoms with Crippen LogP contribution in [0.1, 0.15) is 12.8 Å². The largest absolute Gasteiger partial charge is 0.481 e. The van der Waals surface area contributed by atoms with Crippen molar-refractivity contribution >= 4 is 23.5 Å². The number of nitriles is 1. The molecule has 7 heteroatoms. The minimum absolute atomic E-state index is 0.0129. The molecule has 1 fully saturated rings. The smallest absolute Gasteiger partial charge is 0.306 e. The van der Waals surface area contributed by atoms with Crippen LogP contribution in [0.25, 0.3) is 0 Å². The van der Waals surface area contributed by atoms with E-state index in [1.54, 1.807) is 0 Å². The van der Waals surface area contributed by atoms with Crippen molar-refractivity contribution in [3.63, 3.8) is 0 Å². The van der Waals surface area contributed by atoms with E-state index in [0.717, 1.165) is 0 Å². The molecule has 0 aromatic carbocycles. The zero-order valence-corrected chi connectivity index (χ0v) is 11.2. The van der Waals surface area contributed by atoms with Crippen LogP contribution >= 0.6 is 11.6 Å². The zero-order chi connectivity index (χ0) is 14.3. The first-order chi connectivity index (χ1) is 9.10. The summed E-state index contributed by atoms with van der Waals surface area (Å²) in [5, 5.41) is 20.6. The molecule has 0 unspecified atom stereocenters. The van der Waals surface area contributed by atoms with Crippen LogP contribution in [0.5, 0.6) is 0 Å². The minimum Gasteiger partial charge on any atom is -0.481 e. The number of nitrogens with zero attached hydrogens (tertiary/aromatic N) is 2. The fourth-order valence-corrected chi connectivity index (χ4v) is 1.98. The number of amides is 1. The van der Waals surface area contributed by atoms with Gasteiger partial charge in [0.05, 0.1) is 5.92 Å². The Bertz CT molecular complexity index is 409. The summed E-state index contributed by atoms with van der Waals surface area (Å²) in [4.78, 5) is 24.3. The summed E-state index contributed by atoms with van der Waals surface area (Å²) in [6, 6.07) is 1.84. The third-order valence-corrected chi connectivity index (χ3v) is 3.16. The lowest BCUT2D eigenvalue weighted by atomic mass is 9.97. The number of alkyl halides is 1. The average Bonchev–Trinajstić information content (AvgIpc) is 2.43. The van der Waals surface area contributed by atoms with Crippen LogP contribution in [0, 0.1) is 17.2 Å². The first-order valence-electron chi connectivity index (χ1n) is 6.01. The number of carbonyl (C=O) groups excluding carboxylic acids is 1. The molecule has 1 rings (SSSR count). The van der Waals surface area contributed by atoms with Gasteiger partial charge in [0.2, 0.25) is 0 Å². The molecule has 0 saturated carbocycles. The number of rotatable bonds is 5. The fourth-order valence-electron chi connectivity index (χ4n) is 1.87. The molecule has 1 aliphatic rings. The topological polar surface area (TPSA) is 93.4 Å². The minimum atomic E-state index is -0.827. The van der Waals surface area contributed by atoms with E-state index in [4.69, 9.17) is 22.0 Å². The van der Waals surface area contributed by atoms with Gasteiger partial charge in [-0.15, -0.1) is 11.6 Å². The SMILES string of the molecule is N#C/C(=C/NCCCl)C(=O)N1CCC(C(=O)O)CC1. The third-order valence-electron chi connectivity index (χ3n) is 2.97. The van der Waals surface area contributed by atoms with E-state index in [9.17, 15) is 9.59 Å². The Balaban J connectivity index is 2.56. The van der Waals surface area contributed by atoms with Gasteiger partial charge in [-0.1, -0.05) is 0 Å². The Morgan fingerprint density at radius 2 is 2.11 bits per heavy atom. The summed E-state index contributed by atoms with van der Waals surface area (Å²) in [5.41, 5.74) is 0.0129. The van der Waals surface area contributed by atoms with Crippen molar-refractivity contribution < 1.29 is 14.7 Å². The van der Waals surface area contributed by atoms with Crippen LogP contribution in [0.2, 0.25) is 0 Å². The van der Waals surface area contributed by atoms with Gasteiger partial charge in [0, 0.05) is 31.7 Å². The number of halogens is 1. The second kappa shape index (κ2) is 7.64. The molecule has 0 radical (unpaired) electrons. The van der Waals surface area contributed by atoms with Crippen molar-refractivity contribution in [1.29, 1.82) is 5.26 Å². The number of carboxylic acids is 1. The molecule has 0 atom stereocenters. The van der Waals surface area contributed by atoms with Crippen LogP contribution in [0.3, 0.4) is 0 Å². The van der Waals surface area contributed by atoms with E-state index >= 15 is 0 Å². The quantitative estimate of drug-likeness (QED) is 0.333. The molecule has 0 aliphatic carbocycles. The maximum Gasteiger partial charge on any atom is 0.306 e. The van der Waals surface area contributed by atoms with Crippen molar-refractivity contribution in [2.45, 2.75) is 12.8 Å². The number of piperidine rings is 1. The first kappa shape index (κ1) is 15.3. The van der Waals surface area contributed by atoms with Gasteiger partial charge in [-0.3, -0.25) is 9.59 Å². The second-order valence-electron chi connectivity index (χ2n) is 4.22.